The number of guanidine groups is 1. The van der Waals surface area contributed by atoms with Crippen LogP contribution in [0.25, 0.3) is 0 Å². The summed E-state index contributed by atoms with van der Waals surface area (Å²) in [7, 11) is 0. The molecule has 2 aliphatic rings. The molecule has 1 aliphatic heterocycles. The third kappa shape index (κ3) is 7.62. The maximum atomic E-state index is 11.8. The number of aliphatic imine (C=N–C) groups is 1. The highest BCUT2D eigenvalue weighted by Crippen LogP contribution is 2.17. The molecule has 7 heteroatoms. The number of nitrogens with two attached hydrogens (primary N) is 1. The molecular weight excluding hydrogens is 395 g/mol. The molecule has 22 heavy (non-hydrogen) atoms. The molecule has 0 aromatic carbocycles. The summed E-state index contributed by atoms with van der Waals surface area (Å²) in [5.74, 6) is 0.497. The van der Waals surface area contributed by atoms with Crippen molar-refractivity contribution in [3.8, 4) is 0 Å². The Morgan fingerprint density at radius 1 is 1.18 bits per heavy atom. The summed E-state index contributed by atoms with van der Waals surface area (Å²) in [6.45, 7) is 1.96. The van der Waals surface area contributed by atoms with Gasteiger partial charge in [-0.15, -0.1) is 24.0 Å². The van der Waals surface area contributed by atoms with Gasteiger partial charge in [0.05, 0.1) is 12.6 Å². The first kappa shape index (κ1) is 19.5. The number of carbonyl (C=O) groups excluding carboxylic acids is 1. The molecule has 1 amide bonds. The van der Waals surface area contributed by atoms with E-state index in [-0.39, 0.29) is 36.0 Å². The van der Waals surface area contributed by atoms with Gasteiger partial charge in [0, 0.05) is 25.6 Å². The van der Waals surface area contributed by atoms with Crippen LogP contribution in [0.4, 0.5) is 0 Å². The highest BCUT2D eigenvalue weighted by Gasteiger charge is 2.16. The molecule has 1 saturated heterocycles. The molecule has 128 valence electrons. The van der Waals surface area contributed by atoms with Crippen molar-refractivity contribution in [1.82, 2.24) is 10.6 Å². The van der Waals surface area contributed by atoms with Gasteiger partial charge in [0.1, 0.15) is 0 Å². The number of carbonyl (C=O) groups is 1. The maximum Gasteiger partial charge on any atom is 0.221 e. The summed E-state index contributed by atoms with van der Waals surface area (Å²) < 4.78 is 5.48. The fraction of sp³-hybridized carbons (Fsp3) is 0.867. The van der Waals surface area contributed by atoms with Crippen molar-refractivity contribution in [1.29, 1.82) is 0 Å². The van der Waals surface area contributed by atoms with Crippen molar-refractivity contribution in [2.75, 3.05) is 19.7 Å². The predicted octanol–water partition coefficient (Wildman–Crippen LogP) is 1.53. The van der Waals surface area contributed by atoms with Crippen LogP contribution in [0.3, 0.4) is 0 Å². The monoisotopic (exact) mass is 424 g/mol. The number of nitrogens with one attached hydrogen (secondary N) is 2. The van der Waals surface area contributed by atoms with E-state index in [0.29, 0.717) is 31.5 Å². The van der Waals surface area contributed by atoms with E-state index in [1.165, 1.54) is 19.3 Å². The lowest BCUT2D eigenvalue weighted by molar-refractivity contribution is -0.121. The Labute approximate surface area is 150 Å². The highest BCUT2D eigenvalue weighted by molar-refractivity contribution is 14.0. The summed E-state index contributed by atoms with van der Waals surface area (Å²) in [6.07, 6.45) is 8.79. The van der Waals surface area contributed by atoms with Crippen molar-refractivity contribution in [3.63, 3.8) is 0 Å². The molecule has 1 aliphatic carbocycles. The lowest BCUT2D eigenvalue weighted by Gasteiger charge is -2.22. The van der Waals surface area contributed by atoms with Crippen LogP contribution in [0.15, 0.2) is 4.99 Å². The zero-order chi connectivity index (χ0) is 14.9. The van der Waals surface area contributed by atoms with Crippen molar-refractivity contribution in [2.24, 2.45) is 10.7 Å². The summed E-state index contributed by atoms with van der Waals surface area (Å²) in [5, 5.41) is 6.08. The predicted molar refractivity (Wildman–Crippen MR) is 98.5 cm³/mol. The Bertz CT molecular complexity index is 353. The van der Waals surface area contributed by atoms with Crippen LogP contribution in [-0.2, 0) is 9.53 Å². The second kappa shape index (κ2) is 11.0. The number of hydrogen-bond donors (Lipinski definition) is 3. The van der Waals surface area contributed by atoms with Gasteiger partial charge in [-0.1, -0.05) is 19.3 Å². The van der Waals surface area contributed by atoms with E-state index in [0.717, 1.165) is 32.3 Å². The van der Waals surface area contributed by atoms with E-state index in [1.54, 1.807) is 0 Å². The van der Waals surface area contributed by atoms with Crippen LogP contribution in [0.2, 0.25) is 0 Å². The van der Waals surface area contributed by atoms with E-state index >= 15 is 0 Å². The molecule has 1 unspecified atom stereocenters. The molecule has 0 aromatic heterocycles. The summed E-state index contributed by atoms with van der Waals surface area (Å²) in [4.78, 5) is 16.1. The molecule has 0 aromatic rings. The van der Waals surface area contributed by atoms with Crippen molar-refractivity contribution in [2.45, 2.75) is 63.5 Å². The van der Waals surface area contributed by atoms with Gasteiger partial charge in [0.25, 0.3) is 0 Å². The van der Waals surface area contributed by atoms with E-state index in [4.69, 9.17) is 10.5 Å². The molecular formula is C15H29IN4O2. The van der Waals surface area contributed by atoms with E-state index < -0.39 is 0 Å². The Hall–Kier alpha value is -0.570. The average molecular weight is 424 g/mol. The number of ether oxygens (including phenoxy) is 1. The first-order valence-electron chi connectivity index (χ1n) is 8.19. The molecule has 2 rings (SSSR count). The lowest BCUT2D eigenvalue weighted by atomic mass is 9.95. The third-order valence-electron chi connectivity index (χ3n) is 4.12. The lowest BCUT2D eigenvalue weighted by Crippen LogP contribution is -2.39. The molecule has 1 heterocycles. The van der Waals surface area contributed by atoms with E-state index in [9.17, 15) is 4.79 Å². The molecule has 2 fully saturated rings. The maximum absolute atomic E-state index is 11.8. The first-order chi connectivity index (χ1) is 10.2. The minimum absolute atomic E-state index is 0. The van der Waals surface area contributed by atoms with Crippen LogP contribution < -0.4 is 16.4 Å². The van der Waals surface area contributed by atoms with Crippen LogP contribution >= 0.6 is 24.0 Å². The summed E-state index contributed by atoms with van der Waals surface area (Å²) in [5.41, 5.74) is 5.77. The summed E-state index contributed by atoms with van der Waals surface area (Å²) >= 11 is 0. The quantitative estimate of drug-likeness (QED) is 0.343. The highest BCUT2D eigenvalue weighted by atomic mass is 127. The van der Waals surface area contributed by atoms with E-state index in [2.05, 4.69) is 15.6 Å². The van der Waals surface area contributed by atoms with Gasteiger partial charge < -0.3 is 21.1 Å². The minimum atomic E-state index is 0. The Balaban J connectivity index is 0.00000242. The zero-order valence-electron chi connectivity index (χ0n) is 13.2. The Kier molecular flexibility index (Phi) is 9.77. The molecule has 0 bridgehead atoms. The number of halogens is 1. The number of amides is 1. The topological polar surface area (TPSA) is 88.7 Å². The van der Waals surface area contributed by atoms with Gasteiger partial charge in [-0.25, -0.2) is 0 Å². The number of hydrogen-bond acceptors (Lipinski definition) is 3. The van der Waals surface area contributed by atoms with Crippen molar-refractivity contribution in [3.05, 3.63) is 0 Å². The zero-order valence-corrected chi connectivity index (χ0v) is 15.5. The average Bonchev–Trinajstić information content (AvgIpc) is 2.99. The molecule has 6 nitrogen and oxygen atoms in total. The summed E-state index contributed by atoms with van der Waals surface area (Å²) in [6, 6.07) is 0.372. The van der Waals surface area contributed by atoms with Crippen molar-refractivity contribution < 1.29 is 9.53 Å². The fourth-order valence-corrected chi connectivity index (χ4v) is 2.90. The smallest absolute Gasteiger partial charge is 0.221 e. The minimum Gasteiger partial charge on any atom is -0.376 e. The van der Waals surface area contributed by atoms with Gasteiger partial charge in [-0.3, -0.25) is 9.79 Å². The van der Waals surface area contributed by atoms with Gasteiger partial charge >= 0.3 is 0 Å². The van der Waals surface area contributed by atoms with Crippen LogP contribution in [0.1, 0.15) is 51.4 Å². The van der Waals surface area contributed by atoms with E-state index in [1.807, 2.05) is 0 Å². The largest absolute Gasteiger partial charge is 0.376 e. The molecule has 4 N–H and O–H groups in total. The number of rotatable bonds is 6. The Morgan fingerprint density at radius 2 is 1.95 bits per heavy atom. The second-order valence-electron chi connectivity index (χ2n) is 5.94. The first-order valence-corrected chi connectivity index (χ1v) is 8.19. The normalized spacial score (nSPS) is 22.9. The van der Waals surface area contributed by atoms with Crippen LogP contribution in [-0.4, -0.2) is 43.7 Å². The SMILES string of the molecule is I.NC(=NCC1CCCO1)NCCC(=O)NC1CCCCC1. The third-order valence-corrected chi connectivity index (χ3v) is 4.12. The Morgan fingerprint density at radius 3 is 2.64 bits per heavy atom. The molecule has 0 spiro atoms. The van der Waals surface area contributed by atoms with Crippen LogP contribution in [0.5, 0.6) is 0 Å². The standard InChI is InChI=1S/C15H28N4O2.HI/c16-15(18-11-13-7-4-10-21-13)17-9-8-14(20)19-12-5-2-1-3-6-12;/h12-13H,1-11H2,(H,19,20)(H3,16,17,18);1H. The molecule has 0 radical (unpaired) electrons. The molecule has 1 atom stereocenters. The van der Waals surface area contributed by atoms with Crippen LogP contribution in [0, 0.1) is 0 Å². The molecule has 1 saturated carbocycles. The van der Waals surface area contributed by atoms with Crippen molar-refractivity contribution >= 4 is 35.8 Å². The second-order valence-corrected chi connectivity index (χ2v) is 5.94. The van der Waals surface area contributed by atoms with Gasteiger partial charge in [-0.05, 0) is 25.7 Å². The van der Waals surface area contributed by atoms with Gasteiger partial charge in [0.2, 0.25) is 5.91 Å². The van der Waals surface area contributed by atoms with Gasteiger partial charge in [0.15, 0.2) is 5.96 Å². The van der Waals surface area contributed by atoms with Gasteiger partial charge in [-0.2, -0.15) is 0 Å². The number of nitrogens with zero attached hydrogens (tertiary/aromatic N) is 1. The fourth-order valence-electron chi connectivity index (χ4n) is 2.90.